The van der Waals surface area contributed by atoms with E-state index in [0.29, 0.717) is 19.4 Å². The monoisotopic (exact) mass is 315 g/mol. The Bertz CT molecular complexity index is 430. The van der Waals surface area contributed by atoms with Crippen molar-refractivity contribution >= 4 is 39.0 Å². The number of amides is 1. The average molecular weight is 316 g/mol. The summed E-state index contributed by atoms with van der Waals surface area (Å²) in [4.78, 5) is 26.0. The van der Waals surface area contributed by atoms with Gasteiger partial charge in [0.1, 0.15) is 0 Å². The maximum Gasteiger partial charge on any atom is 0.223 e. The number of carbonyl (C=O) groups is 2. The summed E-state index contributed by atoms with van der Waals surface area (Å²) in [5.74, 6) is 0.283. The Labute approximate surface area is 113 Å². The number of hydrogen-bond donors (Lipinski definition) is 0. The molecule has 1 aliphatic rings. The fraction of sp³-hybridized carbons (Fsp3) is 0.500. The first-order valence-corrected chi connectivity index (χ1v) is 7.35. The second kappa shape index (κ2) is 5.78. The highest BCUT2D eigenvalue weighted by Crippen LogP contribution is 2.21. The van der Waals surface area contributed by atoms with Crippen LogP contribution in [-0.2, 0) is 16.0 Å². The lowest BCUT2D eigenvalue weighted by atomic mass is 10.1. The van der Waals surface area contributed by atoms with Crippen LogP contribution in [0.4, 0.5) is 0 Å². The number of hydrogen-bond acceptors (Lipinski definition) is 3. The third-order valence-corrected chi connectivity index (χ3v) is 4.57. The van der Waals surface area contributed by atoms with Crippen LogP contribution in [0, 0.1) is 0 Å². The number of aryl methyl sites for hydroxylation is 1. The standard InChI is InChI=1S/C12H14BrNO2S/c13-9-6-11(17-8-9)3-4-12(16)14-5-1-2-10(15)7-14/h6,8H,1-5,7H2. The molecule has 0 N–H and O–H groups in total. The molecule has 1 amide bonds. The third kappa shape index (κ3) is 3.64. The van der Waals surface area contributed by atoms with Crippen LogP contribution in [-0.4, -0.2) is 29.7 Å². The van der Waals surface area contributed by atoms with Crippen molar-refractivity contribution in [3.63, 3.8) is 0 Å². The maximum absolute atomic E-state index is 11.9. The molecule has 2 heterocycles. The molecule has 92 valence electrons. The molecule has 0 radical (unpaired) electrons. The van der Waals surface area contributed by atoms with Crippen LogP contribution in [0.2, 0.25) is 0 Å². The number of rotatable bonds is 3. The van der Waals surface area contributed by atoms with Crippen LogP contribution in [0.15, 0.2) is 15.9 Å². The van der Waals surface area contributed by atoms with Crippen molar-refractivity contribution in [3.8, 4) is 0 Å². The summed E-state index contributed by atoms with van der Waals surface area (Å²) in [7, 11) is 0. The lowest BCUT2D eigenvalue weighted by Gasteiger charge is -2.25. The largest absolute Gasteiger partial charge is 0.335 e. The van der Waals surface area contributed by atoms with E-state index < -0.39 is 0 Å². The fourth-order valence-corrected chi connectivity index (χ4v) is 3.38. The minimum atomic E-state index is 0.0996. The Morgan fingerprint density at radius 2 is 2.35 bits per heavy atom. The molecule has 1 saturated heterocycles. The van der Waals surface area contributed by atoms with Crippen LogP contribution in [0.3, 0.4) is 0 Å². The molecule has 0 bridgehead atoms. The summed E-state index contributed by atoms with van der Waals surface area (Å²) in [6.45, 7) is 1.05. The minimum Gasteiger partial charge on any atom is -0.335 e. The number of thiophene rings is 1. The van der Waals surface area contributed by atoms with E-state index in [1.54, 1.807) is 16.2 Å². The number of piperidine rings is 1. The number of halogens is 1. The van der Waals surface area contributed by atoms with Crippen molar-refractivity contribution in [1.82, 2.24) is 4.90 Å². The first kappa shape index (κ1) is 12.8. The first-order chi connectivity index (χ1) is 8.15. The molecular weight excluding hydrogens is 302 g/mol. The summed E-state index contributed by atoms with van der Waals surface area (Å²) >= 11 is 5.05. The van der Waals surface area contributed by atoms with Crippen molar-refractivity contribution in [2.24, 2.45) is 0 Å². The zero-order valence-corrected chi connectivity index (χ0v) is 11.8. The number of carbonyl (C=O) groups excluding carboxylic acids is 2. The van der Waals surface area contributed by atoms with Crippen molar-refractivity contribution < 1.29 is 9.59 Å². The summed E-state index contributed by atoms with van der Waals surface area (Å²) in [5, 5.41) is 2.02. The zero-order chi connectivity index (χ0) is 12.3. The Kier molecular flexibility index (Phi) is 4.34. The van der Waals surface area contributed by atoms with E-state index in [1.807, 2.05) is 11.4 Å². The summed E-state index contributed by atoms with van der Waals surface area (Å²) < 4.78 is 1.07. The van der Waals surface area contributed by atoms with Crippen LogP contribution >= 0.6 is 27.3 Å². The number of likely N-dealkylation sites (tertiary alicyclic amines) is 1. The number of Topliss-reactive ketones (excluding diaryl/α,β-unsaturated/α-hetero) is 1. The minimum absolute atomic E-state index is 0.0996. The molecule has 17 heavy (non-hydrogen) atoms. The summed E-state index contributed by atoms with van der Waals surface area (Å²) in [5.41, 5.74) is 0. The van der Waals surface area contributed by atoms with Crippen molar-refractivity contribution in [2.75, 3.05) is 13.1 Å². The highest BCUT2D eigenvalue weighted by molar-refractivity contribution is 9.10. The van der Waals surface area contributed by atoms with Gasteiger partial charge in [-0.25, -0.2) is 0 Å². The van der Waals surface area contributed by atoms with Crippen LogP contribution < -0.4 is 0 Å². The molecule has 0 unspecified atom stereocenters. The van der Waals surface area contributed by atoms with E-state index >= 15 is 0 Å². The van der Waals surface area contributed by atoms with E-state index in [1.165, 1.54) is 4.88 Å². The molecule has 1 aliphatic heterocycles. The summed E-state index contributed by atoms with van der Waals surface area (Å²) in [6, 6.07) is 2.04. The van der Waals surface area contributed by atoms with Gasteiger partial charge in [0.15, 0.2) is 5.78 Å². The predicted molar refractivity (Wildman–Crippen MR) is 71.2 cm³/mol. The molecule has 1 fully saturated rings. The molecule has 0 aliphatic carbocycles. The molecule has 1 aromatic rings. The Morgan fingerprint density at radius 3 is 3.00 bits per heavy atom. The van der Waals surface area contributed by atoms with Gasteiger partial charge in [0.2, 0.25) is 5.91 Å². The van der Waals surface area contributed by atoms with Crippen molar-refractivity contribution in [2.45, 2.75) is 25.7 Å². The Morgan fingerprint density at radius 1 is 1.53 bits per heavy atom. The van der Waals surface area contributed by atoms with Crippen LogP contribution in [0.25, 0.3) is 0 Å². The van der Waals surface area contributed by atoms with Gasteiger partial charge in [0, 0.05) is 34.1 Å². The Hall–Kier alpha value is -0.680. The maximum atomic E-state index is 11.9. The molecule has 0 atom stereocenters. The lowest BCUT2D eigenvalue weighted by Crippen LogP contribution is -2.40. The van der Waals surface area contributed by atoms with Gasteiger partial charge < -0.3 is 4.90 Å². The lowest BCUT2D eigenvalue weighted by molar-refractivity contribution is -0.137. The van der Waals surface area contributed by atoms with E-state index in [2.05, 4.69) is 15.9 Å². The number of nitrogens with zero attached hydrogens (tertiary/aromatic N) is 1. The zero-order valence-electron chi connectivity index (χ0n) is 9.45. The highest BCUT2D eigenvalue weighted by atomic mass is 79.9. The van der Waals surface area contributed by atoms with Crippen LogP contribution in [0.1, 0.15) is 24.1 Å². The number of ketones is 1. The van der Waals surface area contributed by atoms with Crippen LogP contribution in [0.5, 0.6) is 0 Å². The second-order valence-electron chi connectivity index (χ2n) is 4.19. The topological polar surface area (TPSA) is 37.4 Å². The molecule has 0 spiro atoms. The molecule has 1 aromatic heterocycles. The second-order valence-corrected chi connectivity index (χ2v) is 6.10. The van der Waals surface area contributed by atoms with Gasteiger partial charge in [-0.1, -0.05) is 0 Å². The SMILES string of the molecule is O=C1CCCN(C(=O)CCc2cc(Br)cs2)C1. The summed E-state index contributed by atoms with van der Waals surface area (Å²) in [6.07, 6.45) is 2.71. The van der Waals surface area contributed by atoms with Gasteiger partial charge in [0.05, 0.1) is 6.54 Å². The van der Waals surface area contributed by atoms with E-state index in [9.17, 15) is 9.59 Å². The van der Waals surface area contributed by atoms with Gasteiger partial charge in [-0.3, -0.25) is 9.59 Å². The molecular formula is C12H14BrNO2S. The van der Waals surface area contributed by atoms with E-state index in [0.717, 1.165) is 23.9 Å². The fourth-order valence-electron chi connectivity index (χ4n) is 1.92. The van der Waals surface area contributed by atoms with Crippen molar-refractivity contribution in [1.29, 1.82) is 0 Å². The van der Waals surface area contributed by atoms with Crippen molar-refractivity contribution in [3.05, 3.63) is 20.8 Å². The molecule has 2 rings (SSSR count). The molecule has 0 aromatic carbocycles. The van der Waals surface area contributed by atoms with Gasteiger partial charge in [-0.2, -0.15) is 0 Å². The quantitative estimate of drug-likeness (QED) is 0.860. The van der Waals surface area contributed by atoms with Gasteiger partial charge in [-0.15, -0.1) is 11.3 Å². The molecule has 0 saturated carbocycles. The molecule has 5 heteroatoms. The van der Waals surface area contributed by atoms with Gasteiger partial charge in [-0.05, 0) is 34.8 Å². The highest BCUT2D eigenvalue weighted by Gasteiger charge is 2.21. The van der Waals surface area contributed by atoms with Gasteiger partial charge >= 0.3 is 0 Å². The Balaban J connectivity index is 1.82. The van der Waals surface area contributed by atoms with Gasteiger partial charge in [0.25, 0.3) is 0 Å². The first-order valence-electron chi connectivity index (χ1n) is 5.67. The van der Waals surface area contributed by atoms with E-state index in [4.69, 9.17) is 0 Å². The third-order valence-electron chi connectivity index (χ3n) is 2.81. The van der Waals surface area contributed by atoms with E-state index in [-0.39, 0.29) is 11.7 Å². The normalized spacial score (nSPS) is 16.3. The molecule has 3 nitrogen and oxygen atoms in total. The average Bonchev–Trinajstić information content (AvgIpc) is 2.72. The predicted octanol–water partition coefficient (Wildman–Crippen LogP) is 2.63. The smallest absolute Gasteiger partial charge is 0.223 e.